The number of aliphatic imine (C=N–C) groups is 1. The van der Waals surface area contributed by atoms with Crippen molar-refractivity contribution in [2.75, 3.05) is 58.6 Å². The molecule has 4 rings (SSSR count). The molecule has 0 amide bonds. The van der Waals surface area contributed by atoms with Crippen molar-refractivity contribution in [1.82, 2.24) is 10.2 Å². The van der Waals surface area contributed by atoms with Crippen molar-refractivity contribution in [3.63, 3.8) is 0 Å². The molecule has 7 nitrogen and oxygen atoms in total. The zero-order valence-corrected chi connectivity index (χ0v) is 20.8. The predicted octanol–water partition coefficient (Wildman–Crippen LogP) is 3.26. The molecular weight excluding hydrogens is 526 g/mol. The number of piperazine rings is 1. The van der Waals surface area contributed by atoms with E-state index in [1.54, 1.807) is 20.2 Å². The van der Waals surface area contributed by atoms with Gasteiger partial charge in [-0.2, -0.15) is 0 Å². The Bertz CT molecular complexity index is 918. The third kappa shape index (κ3) is 5.74. The minimum absolute atomic E-state index is 0. The lowest BCUT2D eigenvalue weighted by Crippen LogP contribution is -2.52. The third-order valence-corrected chi connectivity index (χ3v) is 5.66. The van der Waals surface area contributed by atoms with E-state index in [1.165, 1.54) is 11.8 Å². The average molecular weight is 556 g/mol. The fourth-order valence-electron chi connectivity index (χ4n) is 4.05. The maximum atomic E-state index is 13.9. The van der Waals surface area contributed by atoms with Crippen LogP contribution in [0.3, 0.4) is 0 Å². The zero-order chi connectivity index (χ0) is 21.6. The summed E-state index contributed by atoms with van der Waals surface area (Å²) in [4.78, 5) is 9.06. The van der Waals surface area contributed by atoms with Crippen LogP contribution in [0.15, 0.2) is 41.4 Å². The molecule has 2 aliphatic heterocycles. The number of benzene rings is 2. The molecule has 32 heavy (non-hydrogen) atoms. The van der Waals surface area contributed by atoms with Crippen molar-refractivity contribution < 1.29 is 18.6 Å². The van der Waals surface area contributed by atoms with Crippen LogP contribution in [0.1, 0.15) is 11.1 Å². The number of methoxy groups -OCH3 is 1. The lowest BCUT2D eigenvalue weighted by Gasteiger charge is -2.37. The van der Waals surface area contributed by atoms with Gasteiger partial charge in [-0.1, -0.05) is 0 Å². The molecule has 0 atom stereocenters. The average Bonchev–Trinajstić information content (AvgIpc) is 2.82. The summed E-state index contributed by atoms with van der Waals surface area (Å²) < 4.78 is 30.0. The molecule has 1 saturated heterocycles. The predicted molar refractivity (Wildman–Crippen MR) is 134 cm³/mol. The number of fused-ring (bicyclic) bond motifs is 1. The van der Waals surface area contributed by atoms with Gasteiger partial charge >= 0.3 is 0 Å². The van der Waals surface area contributed by atoms with Crippen LogP contribution in [0.5, 0.6) is 11.5 Å². The molecule has 2 heterocycles. The maximum Gasteiger partial charge on any atom is 0.193 e. The number of hydrogen-bond acceptors (Lipinski definition) is 5. The fourth-order valence-corrected chi connectivity index (χ4v) is 4.05. The lowest BCUT2D eigenvalue weighted by molar-refractivity contribution is -0.0172. The first-order chi connectivity index (χ1) is 15.2. The molecule has 0 radical (unpaired) electrons. The van der Waals surface area contributed by atoms with Crippen LogP contribution in [0.2, 0.25) is 0 Å². The molecule has 2 aliphatic rings. The Morgan fingerprint density at radius 3 is 2.59 bits per heavy atom. The van der Waals surface area contributed by atoms with Gasteiger partial charge in [-0.15, -0.1) is 24.0 Å². The van der Waals surface area contributed by atoms with Crippen LogP contribution in [0.4, 0.5) is 10.1 Å². The first-order valence-corrected chi connectivity index (χ1v) is 10.5. The summed E-state index contributed by atoms with van der Waals surface area (Å²) in [5.41, 5.74) is 2.81. The molecule has 0 spiro atoms. The molecule has 1 fully saturated rings. The molecule has 0 saturated carbocycles. The van der Waals surface area contributed by atoms with Crippen LogP contribution >= 0.6 is 24.0 Å². The molecule has 1 N–H and O–H groups in total. The van der Waals surface area contributed by atoms with E-state index in [2.05, 4.69) is 32.2 Å². The van der Waals surface area contributed by atoms with E-state index in [4.69, 9.17) is 14.2 Å². The number of nitrogens with one attached hydrogen (secondary N) is 1. The van der Waals surface area contributed by atoms with Gasteiger partial charge in [0.15, 0.2) is 12.8 Å². The highest BCUT2D eigenvalue weighted by Crippen LogP contribution is 2.29. The summed E-state index contributed by atoms with van der Waals surface area (Å²) in [6.07, 6.45) is 0.644. The van der Waals surface area contributed by atoms with E-state index >= 15 is 0 Å². The first kappa shape index (κ1) is 24.4. The smallest absolute Gasteiger partial charge is 0.193 e. The van der Waals surface area contributed by atoms with E-state index in [0.717, 1.165) is 54.8 Å². The summed E-state index contributed by atoms with van der Waals surface area (Å²) in [5.74, 6) is 2.22. The van der Waals surface area contributed by atoms with E-state index < -0.39 is 0 Å². The standard InChI is InChI=1S/C23H29FN4O3.HI/c1-25-23(26-8-7-17-13-19(24)14-18-15-30-16-31-22(17)18)28-11-9-27(10-12-28)20-3-5-21(29-2)6-4-20;/h3-6,13-14H,7-12,15-16H2,1-2H3,(H,25,26);1H. The van der Waals surface area contributed by atoms with Crippen LogP contribution in [0, 0.1) is 5.82 Å². The van der Waals surface area contributed by atoms with Gasteiger partial charge in [0.2, 0.25) is 0 Å². The quantitative estimate of drug-likeness (QED) is 0.347. The normalized spacial score (nSPS) is 16.0. The number of ether oxygens (including phenoxy) is 3. The molecule has 0 aliphatic carbocycles. The minimum Gasteiger partial charge on any atom is -0.497 e. The summed E-state index contributed by atoms with van der Waals surface area (Å²) in [6.45, 7) is 4.82. The fraction of sp³-hybridized carbons (Fsp3) is 0.435. The Hall–Kier alpha value is -2.27. The van der Waals surface area contributed by atoms with Crippen molar-refractivity contribution in [3.8, 4) is 11.5 Å². The van der Waals surface area contributed by atoms with Gasteiger partial charge in [0.25, 0.3) is 0 Å². The van der Waals surface area contributed by atoms with E-state index in [1.807, 2.05) is 12.1 Å². The zero-order valence-electron chi connectivity index (χ0n) is 18.5. The molecule has 0 aromatic heterocycles. The Kier molecular flexibility index (Phi) is 8.80. The van der Waals surface area contributed by atoms with Gasteiger partial charge in [0.1, 0.15) is 17.3 Å². The summed E-state index contributed by atoms with van der Waals surface area (Å²) in [6, 6.07) is 11.2. The highest BCUT2D eigenvalue weighted by molar-refractivity contribution is 14.0. The summed E-state index contributed by atoms with van der Waals surface area (Å²) in [5, 5.41) is 3.42. The second-order valence-corrected chi connectivity index (χ2v) is 7.56. The molecule has 9 heteroatoms. The van der Waals surface area contributed by atoms with Crippen LogP contribution < -0.4 is 19.7 Å². The summed E-state index contributed by atoms with van der Waals surface area (Å²) in [7, 11) is 3.47. The van der Waals surface area contributed by atoms with Crippen molar-refractivity contribution in [1.29, 1.82) is 0 Å². The number of hydrogen-bond donors (Lipinski definition) is 1. The second kappa shape index (κ2) is 11.6. The van der Waals surface area contributed by atoms with Gasteiger partial charge in [0, 0.05) is 51.0 Å². The number of guanidine groups is 1. The monoisotopic (exact) mass is 556 g/mol. The number of halogens is 2. The van der Waals surface area contributed by atoms with Crippen LogP contribution in [-0.4, -0.2) is 64.5 Å². The molecule has 0 unspecified atom stereocenters. The van der Waals surface area contributed by atoms with Crippen LogP contribution in [-0.2, 0) is 17.8 Å². The highest BCUT2D eigenvalue weighted by atomic mass is 127. The second-order valence-electron chi connectivity index (χ2n) is 7.56. The topological polar surface area (TPSA) is 58.6 Å². The number of nitrogens with zero attached hydrogens (tertiary/aromatic N) is 3. The molecule has 2 aromatic rings. The molecule has 2 aromatic carbocycles. The largest absolute Gasteiger partial charge is 0.497 e. The SMILES string of the molecule is CN=C(NCCc1cc(F)cc2c1OCOC2)N1CCN(c2ccc(OC)cc2)CC1.I. The van der Waals surface area contributed by atoms with E-state index in [0.29, 0.717) is 19.6 Å². The Morgan fingerprint density at radius 2 is 1.91 bits per heavy atom. The van der Waals surface area contributed by atoms with Gasteiger partial charge in [-0.05, 0) is 48.4 Å². The molecule has 0 bridgehead atoms. The highest BCUT2D eigenvalue weighted by Gasteiger charge is 2.21. The summed E-state index contributed by atoms with van der Waals surface area (Å²) >= 11 is 0. The lowest BCUT2D eigenvalue weighted by atomic mass is 10.1. The van der Waals surface area contributed by atoms with Crippen molar-refractivity contribution in [2.45, 2.75) is 13.0 Å². The van der Waals surface area contributed by atoms with Crippen molar-refractivity contribution in [2.24, 2.45) is 4.99 Å². The van der Waals surface area contributed by atoms with Gasteiger partial charge < -0.3 is 29.3 Å². The minimum atomic E-state index is -0.262. The molecular formula is C23H30FIN4O3. The Labute approximate surface area is 205 Å². The van der Waals surface area contributed by atoms with Crippen LogP contribution in [0.25, 0.3) is 0 Å². The Balaban J connectivity index is 0.00000289. The van der Waals surface area contributed by atoms with Gasteiger partial charge in [-0.25, -0.2) is 4.39 Å². The third-order valence-electron chi connectivity index (χ3n) is 5.66. The van der Waals surface area contributed by atoms with Gasteiger partial charge in [-0.3, -0.25) is 4.99 Å². The molecule has 174 valence electrons. The van der Waals surface area contributed by atoms with Crippen molar-refractivity contribution >= 4 is 35.6 Å². The Morgan fingerprint density at radius 1 is 1.16 bits per heavy atom. The number of rotatable bonds is 5. The van der Waals surface area contributed by atoms with Crippen molar-refractivity contribution in [3.05, 3.63) is 53.3 Å². The van der Waals surface area contributed by atoms with E-state index in [9.17, 15) is 4.39 Å². The maximum absolute atomic E-state index is 13.9. The van der Waals surface area contributed by atoms with E-state index in [-0.39, 0.29) is 36.6 Å². The number of anilines is 1. The first-order valence-electron chi connectivity index (χ1n) is 10.5. The van der Waals surface area contributed by atoms with Gasteiger partial charge in [0.05, 0.1) is 13.7 Å².